The van der Waals surface area contributed by atoms with E-state index in [1.165, 1.54) is 6.92 Å². The third kappa shape index (κ3) is 2.70. The molecule has 1 aromatic rings. The maximum absolute atomic E-state index is 11.8. The number of aliphatic hydroxyl groups is 1. The summed E-state index contributed by atoms with van der Waals surface area (Å²) >= 11 is 0. The molecule has 132 valence electrons. The van der Waals surface area contributed by atoms with Gasteiger partial charge in [-0.2, -0.15) is 0 Å². The van der Waals surface area contributed by atoms with Gasteiger partial charge in [-0.1, -0.05) is 35.4 Å². The summed E-state index contributed by atoms with van der Waals surface area (Å²) in [6.45, 7) is 1.41. The molecule has 5 rings (SSSR count). The van der Waals surface area contributed by atoms with Gasteiger partial charge in [-0.05, 0) is 55.0 Å². The van der Waals surface area contributed by atoms with Crippen molar-refractivity contribution in [1.29, 1.82) is 0 Å². The van der Waals surface area contributed by atoms with Crippen molar-refractivity contribution in [1.82, 2.24) is 0 Å². The fourth-order valence-corrected chi connectivity index (χ4v) is 6.02. The highest BCUT2D eigenvalue weighted by Gasteiger charge is 2.64. The summed E-state index contributed by atoms with van der Waals surface area (Å²) in [6, 6.07) is 9.67. The molecular formula is C19H23N3O3. The monoisotopic (exact) mass is 341 g/mol. The molecule has 0 heterocycles. The lowest BCUT2D eigenvalue weighted by atomic mass is 9.46. The number of benzene rings is 1. The minimum absolute atomic E-state index is 0.155. The lowest BCUT2D eigenvalue weighted by Crippen LogP contribution is -2.64. The van der Waals surface area contributed by atoms with E-state index in [-0.39, 0.29) is 17.8 Å². The summed E-state index contributed by atoms with van der Waals surface area (Å²) in [6.07, 6.45) is 3.34. The molecular weight excluding hydrogens is 318 g/mol. The van der Waals surface area contributed by atoms with Crippen LogP contribution in [0.25, 0.3) is 10.4 Å². The molecule has 0 unspecified atom stereocenters. The lowest BCUT2D eigenvalue weighted by Gasteiger charge is -2.63. The van der Waals surface area contributed by atoms with Crippen LogP contribution in [0.1, 0.15) is 50.7 Å². The second-order valence-electron chi connectivity index (χ2n) is 8.13. The van der Waals surface area contributed by atoms with E-state index in [0.29, 0.717) is 18.8 Å². The van der Waals surface area contributed by atoms with Gasteiger partial charge in [-0.15, -0.1) is 0 Å². The van der Waals surface area contributed by atoms with Crippen molar-refractivity contribution >= 4 is 5.97 Å². The zero-order valence-corrected chi connectivity index (χ0v) is 14.3. The number of hydrogen-bond acceptors (Lipinski definition) is 4. The first-order valence-corrected chi connectivity index (χ1v) is 8.95. The van der Waals surface area contributed by atoms with Crippen molar-refractivity contribution in [2.45, 2.75) is 56.3 Å². The Bertz CT molecular complexity index is 733. The Labute approximate surface area is 146 Å². The summed E-state index contributed by atoms with van der Waals surface area (Å²) < 4.78 is 5.72. The van der Waals surface area contributed by atoms with Crippen LogP contribution in [0.5, 0.6) is 0 Å². The Morgan fingerprint density at radius 3 is 2.76 bits per heavy atom. The number of nitrogens with zero attached hydrogens (tertiary/aromatic N) is 3. The first-order chi connectivity index (χ1) is 11.9. The Kier molecular flexibility index (Phi) is 3.78. The standard InChI is InChI=1S/C19H23N3O3/c1-12(23)25-17(14-5-3-2-4-6-14)16-15-7-13-8-18(10-15,21-22-20)11-19(16,24)9-13/h2-6,13,15-17,24H,7-11H2,1H3/t13-,15-,16+,17+,18-,19-/m1/s1. The molecule has 4 aliphatic rings. The molecule has 4 saturated carbocycles. The van der Waals surface area contributed by atoms with Crippen molar-refractivity contribution in [2.24, 2.45) is 22.9 Å². The molecule has 6 atom stereocenters. The fraction of sp³-hybridized carbons (Fsp3) is 0.632. The highest BCUT2D eigenvalue weighted by atomic mass is 16.5. The first kappa shape index (κ1) is 16.4. The molecule has 0 amide bonds. The quantitative estimate of drug-likeness (QED) is 0.389. The summed E-state index contributed by atoms with van der Waals surface area (Å²) in [4.78, 5) is 14.8. The van der Waals surface area contributed by atoms with Crippen molar-refractivity contribution in [3.05, 3.63) is 46.3 Å². The first-order valence-electron chi connectivity index (χ1n) is 8.95. The van der Waals surface area contributed by atoms with Gasteiger partial charge in [0.1, 0.15) is 6.10 Å². The molecule has 0 aliphatic heterocycles. The highest BCUT2D eigenvalue weighted by molar-refractivity contribution is 5.66. The molecule has 4 fully saturated rings. The summed E-state index contributed by atoms with van der Waals surface area (Å²) in [5.74, 6) is 0.0858. The van der Waals surface area contributed by atoms with Crippen LogP contribution in [-0.4, -0.2) is 22.2 Å². The Balaban J connectivity index is 1.74. The molecule has 0 spiro atoms. The van der Waals surface area contributed by atoms with E-state index in [4.69, 9.17) is 10.3 Å². The molecule has 25 heavy (non-hydrogen) atoms. The van der Waals surface area contributed by atoms with E-state index in [1.807, 2.05) is 30.3 Å². The molecule has 0 aromatic heterocycles. The molecule has 6 nitrogen and oxygen atoms in total. The second-order valence-corrected chi connectivity index (χ2v) is 8.13. The van der Waals surface area contributed by atoms with Crippen LogP contribution in [0.4, 0.5) is 0 Å². The van der Waals surface area contributed by atoms with Crippen LogP contribution >= 0.6 is 0 Å². The van der Waals surface area contributed by atoms with E-state index >= 15 is 0 Å². The van der Waals surface area contributed by atoms with Gasteiger partial charge in [-0.25, -0.2) is 0 Å². The average molecular weight is 341 g/mol. The lowest BCUT2D eigenvalue weighted by molar-refractivity contribution is -0.215. The van der Waals surface area contributed by atoms with E-state index in [1.54, 1.807) is 0 Å². The normalized spacial score (nSPS) is 39.5. The van der Waals surface area contributed by atoms with Crippen LogP contribution in [0, 0.1) is 17.8 Å². The zero-order valence-electron chi connectivity index (χ0n) is 14.3. The molecule has 0 radical (unpaired) electrons. The Morgan fingerprint density at radius 1 is 1.36 bits per heavy atom. The summed E-state index contributed by atoms with van der Waals surface area (Å²) in [5.41, 5.74) is 8.49. The van der Waals surface area contributed by atoms with E-state index < -0.39 is 17.2 Å². The van der Waals surface area contributed by atoms with Gasteiger partial charge in [0, 0.05) is 17.8 Å². The van der Waals surface area contributed by atoms with Crippen LogP contribution in [0.2, 0.25) is 0 Å². The molecule has 4 aliphatic carbocycles. The van der Waals surface area contributed by atoms with Gasteiger partial charge < -0.3 is 9.84 Å². The predicted molar refractivity (Wildman–Crippen MR) is 91.3 cm³/mol. The second kappa shape index (κ2) is 5.75. The number of azide groups is 1. The van der Waals surface area contributed by atoms with Crippen molar-refractivity contribution in [2.75, 3.05) is 0 Å². The fourth-order valence-electron chi connectivity index (χ4n) is 6.02. The van der Waals surface area contributed by atoms with Crippen molar-refractivity contribution < 1.29 is 14.6 Å². The van der Waals surface area contributed by atoms with Crippen molar-refractivity contribution in [3.8, 4) is 0 Å². The van der Waals surface area contributed by atoms with Gasteiger partial charge in [0.2, 0.25) is 0 Å². The maximum atomic E-state index is 11.8. The van der Waals surface area contributed by atoms with Gasteiger partial charge in [-0.3, -0.25) is 4.79 Å². The van der Waals surface area contributed by atoms with Crippen LogP contribution in [0.15, 0.2) is 35.4 Å². The topological polar surface area (TPSA) is 95.3 Å². The van der Waals surface area contributed by atoms with Crippen LogP contribution < -0.4 is 0 Å². The van der Waals surface area contributed by atoms with Crippen molar-refractivity contribution in [3.63, 3.8) is 0 Å². The third-order valence-corrected chi connectivity index (χ3v) is 6.36. The molecule has 6 heteroatoms. The van der Waals surface area contributed by atoms with Gasteiger partial charge in [0.15, 0.2) is 0 Å². The maximum Gasteiger partial charge on any atom is 0.303 e. The number of rotatable bonds is 4. The average Bonchev–Trinajstić information content (AvgIpc) is 2.52. The van der Waals surface area contributed by atoms with Crippen LogP contribution in [0.3, 0.4) is 0 Å². The third-order valence-electron chi connectivity index (χ3n) is 6.36. The predicted octanol–water partition coefficient (Wildman–Crippen LogP) is 3.91. The zero-order chi connectivity index (χ0) is 17.7. The molecule has 4 bridgehead atoms. The summed E-state index contributed by atoms with van der Waals surface area (Å²) in [5, 5.41) is 15.6. The Hall–Kier alpha value is -2.04. The SMILES string of the molecule is CC(=O)O[C@@H](c1ccccc1)[C@@H]1[C@@H]2C[C@@H]3C[C@@](N=[N+]=[N-])(C2)C[C@]1(O)C3. The minimum Gasteiger partial charge on any atom is -0.457 e. The number of esters is 1. The summed E-state index contributed by atoms with van der Waals surface area (Å²) in [7, 11) is 0. The number of ether oxygens (including phenoxy) is 1. The molecule has 0 saturated heterocycles. The van der Waals surface area contributed by atoms with Gasteiger partial charge in [0.05, 0.1) is 11.1 Å². The van der Waals surface area contributed by atoms with Gasteiger partial charge in [0.25, 0.3) is 0 Å². The highest BCUT2D eigenvalue weighted by Crippen LogP contribution is 2.64. The Morgan fingerprint density at radius 2 is 2.12 bits per heavy atom. The van der Waals surface area contributed by atoms with E-state index in [0.717, 1.165) is 24.8 Å². The molecule has 1 N–H and O–H groups in total. The minimum atomic E-state index is -0.950. The van der Waals surface area contributed by atoms with Gasteiger partial charge >= 0.3 is 5.97 Å². The number of carbonyl (C=O) groups is 1. The number of hydrogen-bond donors (Lipinski definition) is 1. The number of carbonyl (C=O) groups excluding carboxylic acids is 1. The smallest absolute Gasteiger partial charge is 0.303 e. The van der Waals surface area contributed by atoms with E-state index in [9.17, 15) is 9.90 Å². The van der Waals surface area contributed by atoms with Crippen LogP contribution in [-0.2, 0) is 9.53 Å². The van der Waals surface area contributed by atoms with E-state index in [2.05, 4.69) is 10.0 Å². The molecule has 1 aromatic carbocycles. The largest absolute Gasteiger partial charge is 0.457 e.